The number of hydrogen-bond acceptors (Lipinski definition) is 3. The van der Waals surface area contributed by atoms with E-state index in [-0.39, 0.29) is 0 Å². The van der Waals surface area contributed by atoms with Crippen molar-refractivity contribution >= 4 is 5.97 Å². The van der Waals surface area contributed by atoms with Crippen LogP contribution >= 0.6 is 0 Å². The molecule has 0 aliphatic rings. The van der Waals surface area contributed by atoms with Crippen molar-refractivity contribution in [3.63, 3.8) is 0 Å². The third kappa shape index (κ3) is 5.55. The van der Waals surface area contributed by atoms with Gasteiger partial charge in [-0.1, -0.05) is 0 Å². The van der Waals surface area contributed by atoms with Crippen LogP contribution < -0.4 is 0 Å². The van der Waals surface area contributed by atoms with Crippen molar-refractivity contribution in [2.24, 2.45) is 0 Å². The van der Waals surface area contributed by atoms with Gasteiger partial charge in [0.05, 0.1) is 6.33 Å². The fourth-order valence-electron chi connectivity index (χ4n) is 0.677. The Morgan fingerprint density at radius 2 is 2.06 bits per heavy atom. The maximum absolute atomic E-state index is 10.6. The van der Waals surface area contributed by atoms with Crippen LogP contribution in [0.15, 0.2) is 12.5 Å². The Morgan fingerprint density at radius 3 is 2.24 bits per heavy atom. The number of hydrogen-bond donors (Lipinski definition) is 1. The number of nitriles is 1. The Labute approximate surface area is 95.1 Å². The summed E-state index contributed by atoms with van der Waals surface area (Å²) in [6, 6.07) is 2.35. The Balaban J connectivity index is 0.000000325. The monoisotopic (exact) mass is 249 g/mol. The van der Waals surface area contributed by atoms with Crippen LogP contribution in [-0.4, -0.2) is 26.8 Å². The molecule has 1 aromatic rings. The van der Waals surface area contributed by atoms with Gasteiger partial charge in [-0.25, -0.2) is 9.78 Å². The van der Waals surface area contributed by atoms with Gasteiger partial charge in [0, 0.05) is 12.2 Å². The molecular formula is C9H10F3N3O2. The summed E-state index contributed by atoms with van der Waals surface area (Å²) < 4.78 is 33.6. The van der Waals surface area contributed by atoms with Gasteiger partial charge in [-0.05, 0) is 13.8 Å². The van der Waals surface area contributed by atoms with Gasteiger partial charge < -0.3 is 9.67 Å². The maximum atomic E-state index is 10.6. The molecule has 5 nitrogen and oxygen atoms in total. The number of carboxylic acids is 1. The van der Waals surface area contributed by atoms with E-state index in [1.807, 2.05) is 24.5 Å². The van der Waals surface area contributed by atoms with E-state index in [9.17, 15) is 13.2 Å². The minimum absolute atomic E-state index is 0.384. The SMILES string of the molecule is CC(C)n1cnc(C#N)c1.O=C(O)C(F)(F)F. The molecule has 0 bridgehead atoms. The largest absolute Gasteiger partial charge is 0.490 e. The maximum Gasteiger partial charge on any atom is 0.490 e. The predicted molar refractivity (Wildman–Crippen MR) is 51.0 cm³/mol. The second kappa shape index (κ2) is 5.89. The van der Waals surface area contributed by atoms with Crippen molar-refractivity contribution < 1.29 is 23.1 Å². The first kappa shape index (κ1) is 15.0. The number of carbonyl (C=O) groups is 1. The van der Waals surface area contributed by atoms with Crippen molar-refractivity contribution in [1.29, 1.82) is 5.26 Å². The van der Waals surface area contributed by atoms with Crippen molar-refractivity contribution in [3.05, 3.63) is 18.2 Å². The average Bonchev–Trinajstić information content (AvgIpc) is 2.65. The van der Waals surface area contributed by atoms with Crippen LogP contribution in [0.3, 0.4) is 0 Å². The minimum Gasteiger partial charge on any atom is -0.475 e. The molecular weight excluding hydrogens is 239 g/mol. The van der Waals surface area contributed by atoms with E-state index < -0.39 is 12.1 Å². The molecule has 0 saturated carbocycles. The summed E-state index contributed by atoms with van der Waals surface area (Å²) in [5, 5.41) is 15.5. The fourth-order valence-corrected chi connectivity index (χ4v) is 0.677. The molecule has 0 aliphatic heterocycles. The highest BCUT2D eigenvalue weighted by Gasteiger charge is 2.38. The molecule has 1 rings (SSSR count). The zero-order chi connectivity index (χ0) is 13.6. The van der Waals surface area contributed by atoms with Crippen LogP contribution in [0.1, 0.15) is 25.6 Å². The van der Waals surface area contributed by atoms with E-state index in [2.05, 4.69) is 4.98 Å². The molecule has 94 valence electrons. The van der Waals surface area contributed by atoms with Gasteiger partial charge in [0.25, 0.3) is 0 Å². The zero-order valence-electron chi connectivity index (χ0n) is 9.06. The summed E-state index contributed by atoms with van der Waals surface area (Å²) in [7, 11) is 0. The van der Waals surface area contributed by atoms with E-state index >= 15 is 0 Å². The first-order valence-electron chi connectivity index (χ1n) is 4.42. The molecule has 1 heterocycles. The number of imidazole rings is 1. The normalized spacial score (nSPS) is 10.4. The van der Waals surface area contributed by atoms with E-state index in [0.717, 1.165) is 0 Å². The number of aromatic nitrogens is 2. The number of halogens is 3. The van der Waals surface area contributed by atoms with Crippen LogP contribution in [0.25, 0.3) is 0 Å². The summed E-state index contributed by atoms with van der Waals surface area (Å²) in [6.45, 7) is 4.09. The second-order valence-electron chi connectivity index (χ2n) is 3.21. The quantitative estimate of drug-likeness (QED) is 0.825. The number of nitrogens with zero attached hydrogens (tertiary/aromatic N) is 3. The molecule has 0 aromatic carbocycles. The lowest BCUT2D eigenvalue weighted by atomic mass is 10.4. The van der Waals surface area contributed by atoms with Crippen LogP contribution in [-0.2, 0) is 4.79 Å². The molecule has 1 aromatic heterocycles. The smallest absolute Gasteiger partial charge is 0.475 e. The predicted octanol–water partition coefficient (Wildman–Crippen LogP) is 1.97. The van der Waals surface area contributed by atoms with Gasteiger partial charge in [-0.2, -0.15) is 18.4 Å². The highest BCUT2D eigenvalue weighted by atomic mass is 19.4. The third-order valence-corrected chi connectivity index (χ3v) is 1.55. The highest BCUT2D eigenvalue weighted by molar-refractivity contribution is 5.73. The van der Waals surface area contributed by atoms with Crippen molar-refractivity contribution in [1.82, 2.24) is 9.55 Å². The zero-order valence-corrected chi connectivity index (χ0v) is 9.06. The van der Waals surface area contributed by atoms with E-state index in [1.54, 1.807) is 12.5 Å². The number of aliphatic carboxylic acids is 1. The molecule has 0 amide bonds. The fraction of sp³-hybridized carbons (Fsp3) is 0.444. The molecule has 0 fully saturated rings. The van der Waals surface area contributed by atoms with E-state index in [0.29, 0.717) is 11.7 Å². The van der Waals surface area contributed by atoms with Crippen LogP contribution in [0.4, 0.5) is 13.2 Å². The number of carboxylic acid groups (broad SMARTS) is 1. The van der Waals surface area contributed by atoms with Gasteiger partial charge in [0.1, 0.15) is 6.07 Å². The first-order valence-corrected chi connectivity index (χ1v) is 4.42. The van der Waals surface area contributed by atoms with Crippen molar-refractivity contribution in [2.75, 3.05) is 0 Å². The first-order chi connectivity index (χ1) is 7.68. The standard InChI is InChI=1S/C7H9N3.C2HF3O2/c1-6(2)10-4-7(3-8)9-5-10;3-2(4,5)1(6)7/h4-6H,1-2H3;(H,6,7). The molecule has 17 heavy (non-hydrogen) atoms. The van der Waals surface area contributed by atoms with Crippen LogP contribution in [0, 0.1) is 11.3 Å². The van der Waals surface area contributed by atoms with Crippen LogP contribution in [0.5, 0.6) is 0 Å². The van der Waals surface area contributed by atoms with Gasteiger partial charge >= 0.3 is 12.1 Å². The lowest BCUT2D eigenvalue weighted by molar-refractivity contribution is -0.192. The Kier molecular flexibility index (Phi) is 5.18. The molecule has 0 radical (unpaired) electrons. The van der Waals surface area contributed by atoms with Crippen molar-refractivity contribution in [3.8, 4) is 6.07 Å². The molecule has 0 spiro atoms. The molecule has 0 unspecified atom stereocenters. The minimum atomic E-state index is -5.08. The highest BCUT2D eigenvalue weighted by Crippen LogP contribution is 2.13. The van der Waals surface area contributed by atoms with E-state index in [1.165, 1.54) is 0 Å². The molecule has 8 heteroatoms. The molecule has 0 atom stereocenters. The van der Waals surface area contributed by atoms with Gasteiger partial charge in [-0.15, -0.1) is 0 Å². The lowest BCUT2D eigenvalue weighted by Gasteiger charge is -2.02. The number of rotatable bonds is 1. The summed E-state index contributed by atoms with van der Waals surface area (Å²) >= 11 is 0. The summed E-state index contributed by atoms with van der Waals surface area (Å²) in [4.78, 5) is 12.8. The lowest BCUT2D eigenvalue weighted by Crippen LogP contribution is -2.21. The Hall–Kier alpha value is -2.04. The third-order valence-electron chi connectivity index (χ3n) is 1.55. The topological polar surface area (TPSA) is 78.9 Å². The van der Waals surface area contributed by atoms with Gasteiger partial charge in [0.15, 0.2) is 5.69 Å². The average molecular weight is 249 g/mol. The van der Waals surface area contributed by atoms with E-state index in [4.69, 9.17) is 15.2 Å². The van der Waals surface area contributed by atoms with Crippen LogP contribution in [0.2, 0.25) is 0 Å². The number of alkyl halides is 3. The Morgan fingerprint density at radius 1 is 1.59 bits per heavy atom. The second-order valence-corrected chi connectivity index (χ2v) is 3.21. The van der Waals surface area contributed by atoms with Crippen molar-refractivity contribution in [2.45, 2.75) is 26.1 Å². The van der Waals surface area contributed by atoms with Gasteiger partial charge in [-0.3, -0.25) is 0 Å². The molecule has 0 saturated heterocycles. The summed E-state index contributed by atoms with van der Waals surface area (Å²) in [5.41, 5.74) is 0.480. The summed E-state index contributed by atoms with van der Waals surface area (Å²) in [5.74, 6) is -2.76. The summed E-state index contributed by atoms with van der Waals surface area (Å²) in [6.07, 6.45) is -1.67. The molecule has 1 N–H and O–H groups in total. The Bertz CT molecular complexity index is 418. The molecule has 0 aliphatic carbocycles. The van der Waals surface area contributed by atoms with Gasteiger partial charge in [0.2, 0.25) is 0 Å².